The average molecular weight is 505 g/mol. The Labute approximate surface area is 210 Å². The van der Waals surface area contributed by atoms with Crippen LogP contribution < -0.4 is 15.4 Å². The number of carbonyl (C=O) groups is 2. The normalized spacial score (nSPS) is 11.8. The minimum Gasteiger partial charge on any atom is -0.361 e. The maximum absolute atomic E-state index is 13.3. The van der Waals surface area contributed by atoms with E-state index in [9.17, 15) is 18.0 Å². The van der Waals surface area contributed by atoms with Gasteiger partial charge in [-0.3, -0.25) is 14.3 Å². The standard InChI is InChI=1S/C27H28N4O4S/c1-27(2,3)19-8-5-18(6-9-19)25(32)30-23-12-11-21(31-36(4,34)35)15-22(23)26(33)29-20-10-7-17-13-14-28-24(17)16-20/h5-16,28,31H,1-4H3,(H,29,33)(H,30,32). The van der Waals surface area contributed by atoms with E-state index >= 15 is 0 Å². The second-order valence-electron chi connectivity index (χ2n) is 9.65. The van der Waals surface area contributed by atoms with Crippen molar-refractivity contribution in [3.8, 4) is 0 Å². The van der Waals surface area contributed by atoms with Crippen molar-refractivity contribution in [1.29, 1.82) is 0 Å². The highest BCUT2D eigenvalue weighted by Crippen LogP contribution is 2.26. The third kappa shape index (κ3) is 5.92. The van der Waals surface area contributed by atoms with Gasteiger partial charge in [0.25, 0.3) is 11.8 Å². The lowest BCUT2D eigenvalue weighted by molar-refractivity contribution is 0.102. The molecule has 3 aromatic carbocycles. The number of hydrogen-bond acceptors (Lipinski definition) is 4. The number of fused-ring (bicyclic) bond motifs is 1. The van der Waals surface area contributed by atoms with Gasteiger partial charge in [0.2, 0.25) is 10.0 Å². The molecule has 4 rings (SSSR count). The van der Waals surface area contributed by atoms with Crippen LogP contribution in [0.1, 0.15) is 47.1 Å². The van der Waals surface area contributed by atoms with E-state index in [-0.39, 0.29) is 28.3 Å². The minimum atomic E-state index is -3.56. The first-order valence-electron chi connectivity index (χ1n) is 11.3. The van der Waals surface area contributed by atoms with Gasteiger partial charge in [-0.05, 0) is 64.9 Å². The fourth-order valence-corrected chi connectivity index (χ4v) is 4.31. The van der Waals surface area contributed by atoms with E-state index in [1.54, 1.807) is 30.5 Å². The number of sulfonamides is 1. The third-order valence-electron chi connectivity index (χ3n) is 5.64. The number of H-pyrrole nitrogens is 1. The van der Waals surface area contributed by atoms with E-state index in [1.165, 1.54) is 18.2 Å². The second kappa shape index (κ2) is 9.50. The van der Waals surface area contributed by atoms with Crippen molar-refractivity contribution in [2.75, 3.05) is 21.6 Å². The Bertz CT molecular complexity index is 1550. The highest BCUT2D eigenvalue weighted by Gasteiger charge is 2.18. The predicted molar refractivity (Wildman–Crippen MR) is 144 cm³/mol. The topological polar surface area (TPSA) is 120 Å². The van der Waals surface area contributed by atoms with Crippen molar-refractivity contribution in [3.05, 3.63) is 89.6 Å². The molecule has 9 heteroatoms. The van der Waals surface area contributed by atoms with Crippen LogP contribution in [0.25, 0.3) is 10.9 Å². The predicted octanol–water partition coefficient (Wildman–Crippen LogP) is 5.34. The molecular formula is C27H28N4O4S. The molecule has 0 unspecified atom stereocenters. The molecule has 1 aromatic heterocycles. The van der Waals surface area contributed by atoms with Crippen LogP contribution in [0, 0.1) is 0 Å². The van der Waals surface area contributed by atoms with Gasteiger partial charge < -0.3 is 15.6 Å². The number of aromatic nitrogens is 1. The van der Waals surface area contributed by atoms with Crippen LogP contribution in [-0.2, 0) is 15.4 Å². The van der Waals surface area contributed by atoms with E-state index in [0.717, 1.165) is 22.7 Å². The fraction of sp³-hybridized carbons (Fsp3) is 0.185. The summed E-state index contributed by atoms with van der Waals surface area (Å²) in [5, 5.41) is 6.60. The van der Waals surface area contributed by atoms with Crippen molar-refractivity contribution >= 4 is 49.8 Å². The number of aromatic amines is 1. The van der Waals surface area contributed by atoms with E-state index in [0.29, 0.717) is 11.3 Å². The summed E-state index contributed by atoms with van der Waals surface area (Å²) in [5.41, 5.74) is 3.44. The Morgan fingerprint density at radius 2 is 1.50 bits per heavy atom. The smallest absolute Gasteiger partial charge is 0.257 e. The molecule has 0 fully saturated rings. The molecule has 0 spiro atoms. The second-order valence-corrected chi connectivity index (χ2v) is 11.4. The zero-order valence-corrected chi connectivity index (χ0v) is 21.3. The molecule has 0 saturated heterocycles. The summed E-state index contributed by atoms with van der Waals surface area (Å²) in [6.07, 6.45) is 2.83. The van der Waals surface area contributed by atoms with Crippen molar-refractivity contribution in [2.45, 2.75) is 26.2 Å². The number of carbonyl (C=O) groups excluding carboxylic acids is 2. The van der Waals surface area contributed by atoms with Gasteiger partial charge in [0, 0.05) is 28.7 Å². The summed E-state index contributed by atoms with van der Waals surface area (Å²) in [6, 6.07) is 19.0. The molecule has 0 radical (unpaired) electrons. The lowest BCUT2D eigenvalue weighted by Crippen LogP contribution is -2.19. The zero-order chi connectivity index (χ0) is 26.1. The molecule has 0 atom stereocenters. The Morgan fingerprint density at radius 1 is 0.806 bits per heavy atom. The van der Waals surface area contributed by atoms with Crippen molar-refractivity contribution < 1.29 is 18.0 Å². The van der Waals surface area contributed by atoms with Gasteiger partial charge in [0.15, 0.2) is 0 Å². The van der Waals surface area contributed by atoms with E-state index in [1.807, 2.05) is 24.3 Å². The Hall–Kier alpha value is -4.11. The summed E-state index contributed by atoms with van der Waals surface area (Å²) in [6.45, 7) is 6.27. The molecule has 4 aromatic rings. The SMILES string of the molecule is CC(C)(C)c1ccc(C(=O)Nc2ccc(NS(C)(=O)=O)cc2C(=O)Nc2ccc3cc[nH]c3c2)cc1. The van der Waals surface area contributed by atoms with Gasteiger partial charge >= 0.3 is 0 Å². The van der Waals surface area contributed by atoms with Crippen LogP contribution in [0.5, 0.6) is 0 Å². The third-order valence-corrected chi connectivity index (χ3v) is 6.25. The van der Waals surface area contributed by atoms with Crippen LogP contribution in [0.15, 0.2) is 72.9 Å². The first-order valence-corrected chi connectivity index (χ1v) is 13.2. The lowest BCUT2D eigenvalue weighted by Gasteiger charge is -2.19. The molecule has 0 aliphatic rings. The molecule has 1 heterocycles. The monoisotopic (exact) mass is 504 g/mol. The molecular weight excluding hydrogens is 476 g/mol. The molecule has 0 bridgehead atoms. The summed E-state index contributed by atoms with van der Waals surface area (Å²) >= 11 is 0. The first kappa shape index (κ1) is 25.0. The van der Waals surface area contributed by atoms with E-state index in [2.05, 4.69) is 41.1 Å². The van der Waals surface area contributed by atoms with Crippen LogP contribution in [0.4, 0.5) is 17.1 Å². The highest BCUT2D eigenvalue weighted by atomic mass is 32.2. The Kier molecular flexibility index (Phi) is 6.60. The zero-order valence-electron chi connectivity index (χ0n) is 20.5. The van der Waals surface area contributed by atoms with E-state index in [4.69, 9.17) is 0 Å². The van der Waals surface area contributed by atoms with Crippen LogP contribution in [0.2, 0.25) is 0 Å². The quantitative estimate of drug-likeness (QED) is 0.283. The Morgan fingerprint density at radius 3 is 2.17 bits per heavy atom. The molecule has 186 valence electrons. The van der Waals surface area contributed by atoms with Gasteiger partial charge in [-0.1, -0.05) is 39.0 Å². The molecule has 2 amide bonds. The number of amides is 2. The summed E-state index contributed by atoms with van der Waals surface area (Å²) in [5.74, 6) is -0.891. The molecule has 0 saturated carbocycles. The average Bonchev–Trinajstić information content (AvgIpc) is 3.26. The van der Waals surface area contributed by atoms with Gasteiger partial charge in [0.05, 0.1) is 17.5 Å². The van der Waals surface area contributed by atoms with Gasteiger partial charge in [-0.15, -0.1) is 0 Å². The van der Waals surface area contributed by atoms with Crippen molar-refractivity contribution in [2.24, 2.45) is 0 Å². The van der Waals surface area contributed by atoms with Crippen LogP contribution in [-0.4, -0.2) is 31.5 Å². The van der Waals surface area contributed by atoms with Crippen molar-refractivity contribution in [1.82, 2.24) is 4.98 Å². The van der Waals surface area contributed by atoms with E-state index < -0.39 is 15.9 Å². The van der Waals surface area contributed by atoms with Crippen LogP contribution >= 0.6 is 0 Å². The lowest BCUT2D eigenvalue weighted by atomic mass is 9.86. The summed E-state index contributed by atoms with van der Waals surface area (Å²) in [7, 11) is -3.56. The fourth-order valence-electron chi connectivity index (χ4n) is 3.76. The van der Waals surface area contributed by atoms with Gasteiger partial charge in [-0.25, -0.2) is 8.42 Å². The maximum Gasteiger partial charge on any atom is 0.257 e. The molecule has 0 aliphatic heterocycles. The Balaban J connectivity index is 1.63. The summed E-state index contributed by atoms with van der Waals surface area (Å²) < 4.78 is 25.8. The largest absolute Gasteiger partial charge is 0.361 e. The number of rotatable bonds is 6. The number of benzene rings is 3. The van der Waals surface area contributed by atoms with Gasteiger partial charge in [0.1, 0.15) is 0 Å². The molecule has 0 aliphatic carbocycles. The molecule has 4 N–H and O–H groups in total. The highest BCUT2D eigenvalue weighted by molar-refractivity contribution is 7.92. The minimum absolute atomic E-state index is 0.0498. The number of nitrogens with one attached hydrogen (secondary N) is 4. The first-order chi connectivity index (χ1) is 16.9. The summed E-state index contributed by atoms with van der Waals surface area (Å²) in [4.78, 5) is 29.3. The molecule has 36 heavy (non-hydrogen) atoms. The molecule has 8 nitrogen and oxygen atoms in total. The van der Waals surface area contributed by atoms with Crippen molar-refractivity contribution in [3.63, 3.8) is 0 Å². The maximum atomic E-state index is 13.3. The van der Waals surface area contributed by atoms with Crippen LogP contribution in [0.3, 0.4) is 0 Å². The number of hydrogen-bond donors (Lipinski definition) is 4. The van der Waals surface area contributed by atoms with Gasteiger partial charge in [-0.2, -0.15) is 0 Å². The number of anilines is 3.